The highest BCUT2D eigenvalue weighted by atomic mass is 16.6. The average Bonchev–Trinajstić information content (AvgIpc) is 3.05. The van der Waals surface area contributed by atoms with Gasteiger partial charge in [-0.3, -0.25) is 4.79 Å². The molecule has 1 aliphatic heterocycles. The molecule has 0 saturated heterocycles. The van der Waals surface area contributed by atoms with Gasteiger partial charge in [-0.25, -0.2) is 0 Å². The third kappa shape index (κ3) is 3.71. The molecule has 1 aliphatic carbocycles. The summed E-state index contributed by atoms with van der Waals surface area (Å²) in [6.45, 7) is 1.29. The minimum absolute atomic E-state index is 0.0310. The van der Waals surface area contributed by atoms with Gasteiger partial charge < -0.3 is 19.9 Å². The Labute approximate surface area is 130 Å². The molecule has 0 aromatic heterocycles. The van der Waals surface area contributed by atoms with Gasteiger partial charge in [-0.2, -0.15) is 0 Å². The summed E-state index contributed by atoms with van der Waals surface area (Å²) in [7, 11) is 0. The number of fused-ring (bicyclic) bond motifs is 1. The predicted octanol–water partition coefficient (Wildman–Crippen LogP) is 2.19. The Morgan fingerprint density at radius 2 is 1.95 bits per heavy atom. The van der Waals surface area contributed by atoms with Crippen molar-refractivity contribution in [2.75, 3.05) is 19.8 Å². The molecule has 0 bridgehead atoms. The summed E-state index contributed by atoms with van der Waals surface area (Å²) in [4.78, 5) is 11.9. The first-order valence-corrected chi connectivity index (χ1v) is 8.06. The van der Waals surface area contributed by atoms with Crippen LogP contribution >= 0.6 is 0 Å². The Balaban J connectivity index is 1.50. The number of carbonyl (C=O) groups is 1. The summed E-state index contributed by atoms with van der Waals surface area (Å²) >= 11 is 0. The van der Waals surface area contributed by atoms with Crippen LogP contribution in [0.3, 0.4) is 0 Å². The second kappa shape index (κ2) is 7.01. The smallest absolute Gasteiger partial charge is 0.220 e. The lowest BCUT2D eigenvalue weighted by Crippen LogP contribution is -2.29. The second-order valence-corrected chi connectivity index (χ2v) is 6.08. The van der Waals surface area contributed by atoms with Crippen molar-refractivity contribution < 1.29 is 19.4 Å². The van der Waals surface area contributed by atoms with Gasteiger partial charge in [-0.1, -0.05) is 18.9 Å². The maximum Gasteiger partial charge on any atom is 0.220 e. The lowest BCUT2D eigenvalue weighted by molar-refractivity contribution is -0.122. The van der Waals surface area contributed by atoms with Crippen LogP contribution < -0.4 is 14.8 Å². The van der Waals surface area contributed by atoms with E-state index in [2.05, 4.69) is 5.32 Å². The molecule has 2 N–H and O–H groups in total. The number of nitrogens with one attached hydrogen (secondary N) is 1. The third-order valence-corrected chi connectivity index (χ3v) is 4.39. The van der Waals surface area contributed by atoms with Crippen molar-refractivity contribution in [2.45, 2.75) is 38.2 Å². The lowest BCUT2D eigenvalue weighted by Gasteiger charge is -2.20. The maximum absolute atomic E-state index is 11.9. The van der Waals surface area contributed by atoms with Crippen molar-refractivity contribution in [3.05, 3.63) is 23.8 Å². The molecule has 1 atom stereocenters. The van der Waals surface area contributed by atoms with E-state index in [0.29, 0.717) is 37.1 Å². The minimum atomic E-state index is -0.733. The molecule has 5 nitrogen and oxygen atoms in total. The number of ether oxygens (including phenoxy) is 2. The molecule has 1 saturated carbocycles. The predicted molar refractivity (Wildman–Crippen MR) is 82.0 cm³/mol. The number of amides is 1. The van der Waals surface area contributed by atoms with Gasteiger partial charge in [0.2, 0.25) is 5.91 Å². The number of rotatable bonds is 5. The third-order valence-electron chi connectivity index (χ3n) is 4.39. The molecule has 120 valence electrons. The molecule has 1 aromatic rings. The highest BCUT2D eigenvalue weighted by Gasteiger charge is 2.20. The van der Waals surface area contributed by atoms with Gasteiger partial charge in [0.1, 0.15) is 13.2 Å². The molecule has 1 amide bonds. The fourth-order valence-electron chi connectivity index (χ4n) is 3.14. The van der Waals surface area contributed by atoms with E-state index in [1.165, 1.54) is 12.8 Å². The van der Waals surface area contributed by atoms with Crippen molar-refractivity contribution in [3.8, 4) is 11.5 Å². The zero-order valence-corrected chi connectivity index (χ0v) is 12.7. The summed E-state index contributed by atoms with van der Waals surface area (Å²) < 4.78 is 11.0. The Bertz CT molecular complexity index is 525. The number of hydrogen-bond donors (Lipinski definition) is 2. The highest BCUT2D eigenvalue weighted by Crippen LogP contribution is 2.32. The number of hydrogen-bond acceptors (Lipinski definition) is 4. The quantitative estimate of drug-likeness (QED) is 0.875. The zero-order valence-electron chi connectivity index (χ0n) is 12.7. The molecule has 0 radical (unpaired) electrons. The fourth-order valence-corrected chi connectivity index (χ4v) is 3.14. The van der Waals surface area contributed by atoms with E-state index < -0.39 is 6.10 Å². The summed E-state index contributed by atoms with van der Waals surface area (Å²) in [5.74, 6) is 1.91. The van der Waals surface area contributed by atoms with Gasteiger partial charge >= 0.3 is 0 Å². The van der Waals surface area contributed by atoms with E-state index in [-0.39, 0.29) is 12.5 Å². The van der Waals surface area contributed by atoms with Crippen LogP contribution in [-0.4, -0.2) is 30.8 Å². The van der Waals surface area contributed by atoms with E-state index in [4.69, 9.17) is 9.47 Å². The van der Waals surface area contributed by atoms with E-state index >= 15 is 0 Å². The van der Waals surface area contributed by atoms with Crippen molar-refractivity contribution >= 4 is 5.91 Å². The average molecular weight is 305 g/mol. The molecule has 0 unspecified atom stereocenters. The highest BCUT2D eigenvalue weighted by molar-refractivity contribution is 5.76. The molecule has 1 fully saturated rings. The number of aliphatic hydroxyl groups is 1. The van der Waals surface area contributed by atoms with Gasteiger partial charge in [-0.15, -0.1) is 0 Å². The van der Waals surface area contributed by atoms with Crippen LogP contribution in [0.4, 0.5) is 0 Å². The second-order valence-electron chi connectivity index (χ2n) is 6.08. The van der Waals surface area contributed by atoms with Gasteiger partial charge in [0.15, 0.2) is 11.5 Å². The van der Waals surface area contributed by atoms with E-state index in [1.54, 1.807) is 18.2 Å². The summed E-state index contributed by atoms with van der Waals surface area (Å²) in [6, 6.07) is 5.39. The summed E-state index contributed by atoms with van der Waals surface area (Å²) in [5.41, 5.74) is 0.727. The number of aliphatic hydroxyl groups excluding tert-OH is 1. The number of carbonyl (C=O) groups excluding carboxylic acids is 1. The Morgan fingerprint density at radius 1 is 1.23 bits per heavy atom. The molecule has 2 aliphatic rings. The first-order chi connectivity index (χ1) is 10.7. The van der Waals surface area contributed by atoms with Crippen molar-refractivity contribution in [1.29, 1.82) is 0 Å². The largest absolute Gasteiger partial charge is 0.486 e. The first-order valence-electron chi connectivity index (χ1n) is 8.06. The molecule has 1 heterocycles. The number of benzene rings is 1. The maximum atomic E-state index is 11.9. The lowest BCUT2D eigenvalue weighted by atomic mass is 10.0. The topological polar surface area (TPSA) is 67.8 Å². The van der Waals surface area contributed by atoms with Gasteiger partial charge in [-0.05, 0) is 36.5 Å². The van der Waals surface area contributed by atoms with Gasteiger partial charge in [0, 0.05) is 13.0 Å². The van der Waals surface area contributed by atoms with Crippen LogP contribution in [0.25, 0.3) is 0 Å². The fraction of sp³-hybridized carbons (Fsp3) is 0.588. The minimum Gasteiger partial charge on any atom is -0.486 e. The Hall–Kier alpha value is -1.75. The SMILES string of the molecule is O=C(CC1CCCC1)NC[C@H](O)c1ccc2c(c1)OCCO2. The van der Waals surface area contributed by atoms with Crippen molar-refractivity contribution in [3.63, 3.8) is 0 Å². The van der Waals surface area contributed by atoms with Crippen LogP contribution in [0.15, 0.2) is 18.2 Å². The van der Waals surface area contributed by atoms with Crippen molar-refractivity contribution in [1.82, 2.24) is 5.32 Å². The van der Waals surface area contributed by atoms with Crippen LogP contribution in [0, 0.1) is 5.92 Å². The van der Waals surface area contributed by atoms with Gasteiger partial charge in [0.05, 0.1) is 6.10 Å². The van der Waals surface area contributed by atoms with Crippen LogP contribution in [0.2, 0.25) is 0 Å². The van der Waals surface area contributed by atoms with Crippen molar-refractivity contribution in [2.24, 2.45) is 5.92 Å². The van der Waals surface area contributed by atoms with Crippen LogP contribution in [-0.2, 0) is 4.79 Å². The van der Waals surface area contributed by atoms with Crippen LogP contribution in [0.1, 0.15) is 43.8 Å². The molecule has 22 heavy (non-hydrogen) atoms. The van der Waals surface area contributed by atoms with Gasteiger partial charge in [0.25, 0.3) is 0 Å². The molecule has 3 rings (SSSR count). The van der Waals surface area contributed by atoms with E-state index in [9.17, 15) is 9.90 Å². The van der Waals surface area contributed by atoms with E-state index in [1.807, 2.05) is 0 Å². The summed E-state index contributed by atoms with van der Waals surface area (Å²) in [5, 5.41) is 13.0. The monoisotopic (exact) mass is 305 g/mol. The molecule has 1 aromatic carbocycles. The standard InChI is InChI=1S/C17H23NO4/c19-14(11-18-17(20)9-12-3-1-2-4-12)13-5-6-15-16(10-13)22-8-7-21-15/h5-6,10,12,14,19H,1-4,7-9,11H2,(H,18,20)/t14-/m0/s1. The van der Waals surface area contributed by atoms with Crippen LogP contribution in [0.5, 0.6) is 11.5 Å². The molecular formula is C17H23NO4. The summed E-state index contributed by atoms with van der Waals surface area (Å²) in [6.07, 6.45) is 4.61. The first kappa shape index (κ1) is 15.2. The Morgan fingerprint density at radius 3 is 2.73 bits per heavy atom. The molecule has 0 spiro atoms. The Kier molecular flexibility index (Phi) is 4.83. The molecule has 5 heteroatoms. The molecular weight excluding hydrogens is 282 g/mol. The zero-order chi connectivity index (χ0) is 15.4. The normalized spacial score (nSPS) is 19.0. The van der Waals surface area contributed by atoms with E-state index in [0.717, 1.165) is 18.4 Å².